The van der Waals surface area contributed by atoms with Gasteiger partial charge in [-0.3, -0.25) is 0 Å². The van der Waals surface area contributed by atoms with Crippen molar-refractivity contribution >= 4 is 10.0 Å². The summed E-state index contributed by atoms with van der Waals surface area (Å²) in [5, 5.41) is 7.41. The molecule has 0 aliphatic heterocycles. The number of nitrogens with one attached hydrogen (secondary N) is 1. The van der Waals surface area contributed by atoms with Crippen molar-refractivity contribution in [1.82, 2.24) is 14.9 Å². The maximum atomic E-state index is 12.4. The van der Waals surface area contributed by atoms with Crippen molar-refractivity contribution in [3.63, 3.8) is 0 Å². The Morgan fingerprint density at radius 1 is 1.10 bits per heavy atom. The summed E-state index contributed by atoms with van der Waals surface area (Å²) in [7, 11) is -3.61. The summed E-state index contributed by atoms with van der Waals surface area (Å²) in [4.78, 5) is 0.305. The molecular formula is C13H17N3O3S. The molecule has 0 radical (unpaired) electrons. The van der Waals surface area contributed by atoms with Crippen LogP contribution in [0.5, 0.6) is 0 Å². The molecule has 0 saturated heterocycles. The van der Waals surface area contributed by atoms with Crippen molar-refractivity contribution in [3.8, 4) is 0 Å². The topological polar surface area (TPSA) is 85.1 Å². The van der Waals surface area contributed by atoms with E-state index in [1.807, 2.05) is 19.1 Å². The van der Waals surface area contributed by atoms with Gasteiger partial charge in [-0.1, -0.05) is 17.7 Å². The molecule has 2 aromatic rings. The minimum absolute atomic E-state index is 0.0179. The van der Waals surface area contributed by atoms with Gasteiger partial charge in [0.15, 0.2) is 0 Å². The average molecular weight is 295 g/mol. The van der Waals surface area contributed by atoms with Crippen LogP contribution < -0.4 is 4.72 Å². The van der Waals surface area contributed by atoms with Gasteiger partial charge in [-0.2, -0.15) is 0 Å². The van der Waals surface area contributed by atoms with Gasteiger partial charge >= 0.3 is 0 Å². The maximum absolute atomic E-state index is 12.4. The van der Waals surface area contributed by atoms with Crippen molar-refractivity contribution in [2.75, 3.05) is 0 Å². The zero-order chi connectivity index (χ0) is 14.9. The molecule has 6 nitrogen and oxygen atoms in total. The zero-order valence-electron chi connectivity index (χ0n) is 11.9. The normalized spacial score (nSPS) is 11.8. The monoisotopic (exact) mass is 295 g/mol. The Balaban J connectivity index is 2.27. The molecule has 0 bridgehead atoms. The molecule has 2 rings (SSSR count). The third kappa shape index (κ3) is 3.05. The predicted molar refractivity (Wildman–Crippen MR) is 73.7 cm³/mol. The summed E-state index contributed by atoms with van der Waals surface area (Å²) < 4.78 is 32.4. The average Bonchev–Trinajstić information content (AvgIpc) is 2.71. The fourth-order valence-electron chi connectivity index (χ4n) is 2.23. The van der Waals surface area contributed by atoms with Crippen molar-refractivity contribution in [2.24, 2.45) is 0 Å². The maximum Gasteiger partial charge on any atom is 0.241 e. The van der Waals surface area contributed by atoms with E-state index < -0.39 is 10.0 Å². The Morgan fingerprint density at radius 3 is 2.20 bits per heavy atom. The highest BCUT2D eigenvalue weighted by atomic mass is 32.2. The van der Waals surface area contributed by atoms with E-state index in [1.165, 1.54) is 0 Å². The quantitative estimate of drug-likeness (QED) is 0.929. The molecule has 0 aliphatic carbocycles. The lowest BCUT2D eigenvalue weighted by Crippen LogP contribution is -2.25. The van der Waals surface area contributed by atoms with E-state index in [9.17, 15) is 8.42 Å². The van der Waals surface area contributed by atoms with Crippen LogP contribution in [0.15, 0.2) is 21.4 Å². The van der Waals surface area contributed by atoms with Crippen molar-refractivity contribution in [3.05, 3.63) is 40.6 Å². The van der Waals surface area contributed by atoms with Crippen LogP contribution in [0.3, 0.4) is 0 Å². The van der Waals surface area contributed by atoms with E-state index in [1.54, 1.807) is 20.8 Å². The molecule has 0 amide bonds. The van der Waals surface area contributed by atoms with Crippen molar-refractivity contribution < 1.29 is 12.8 Å². The van der Waals surface area contributed by atoms with Gasteiger partial charge in [-0.05, 0) is 31.9 Å². The Bertz CT molecular complexity index is 712. The van der Waals surface area contributed by atoms with Crippen molar-refractivity contribution in [2.45, 2.75) is 39.1 Å². The van der Waals surface area contributed by atoms with Crippen LogP contribution in [-0.4, -0.2) is 18.6 Å². The first-order valence-electron chi connectivity index (χ1n) is 6.16. The molecule has 0 fully saturated rings. The molecule has 0 atom stereocenters. The van der Waals surface area contributed by atoms with Gasteiger partial charge in [0.1, 0.15) is 0 Å². The zero-order valence-corrected chi connectivity index (χ0v) is 12.7. The van der Waals surface area contributed by atoms with E-state index in [4.69, 9.17) is 4.42 Å². The second-order valence-electron chi connectivity index (χ2n) is 4.77. The van der Waals surface area contributed by atoms with E-state index in [0.717, 1.165) is 16.7 Å². The molecule has 0 aliphatic rings. The number of aryl methyl sites for hydroxylation is 4. The van der Waals surface area contributed by atoms with E-state index in [-0.39, 0.29) is 12.4 Å². The Morgan fingerprint density at radius 2 is 1.70 bits per heavy atom. The van der Waals surface area contributed by atoms with Crippen LogP contribution in [0.4, 0.5) is 0 Å². The lowest BCUT2D eigenvalue weighted by atomic mass is 10.1. The van der Waals surface area contributed by atoms with Gasteiger partial charge in [0.05, 0.1) is 11.4 Å². The van der Waals surface area contributed by atoms with Gasteiger partial charge in [-0.25, -0.2) is 13.1 Å². The SMILES string of the molecule is Cc1cc(C)c(S(=O)(=O)NCc2nnc(C)o2)c(C)c1. The molecule has 0 unspecified atom stereocenters. The van der Waals surface area contributed by atoms with E-state index in [2.05, 4.69) is 14.9 Å². The molecule has 1 aromatic heterocycles. The largest absolute Gasteiger partial charge is 0.424 e. The molecule has 0 spiro atoms. The minimum atomic E-state index is -3.61. The highest BCUT2D eigenvalue weighted by Crippen LogP contribution is 2.21. The predicted octanol–water partition coefficient (Wildman–Crippen LogP) is 1.78. The van der Waals surface area contributed by atoms with Crippen LogP contribution in [0.2, 0.25) is 0 Å². The van der Waals surface area contributed by atoms with Crippen LogP contribution in [0, 0.1) is 27.7 Å². The summed E-state index contributed by atoms with van der Waals surface area (Å²) in [6, 6.07) is 3.69. The smallest absolute Gasteiger partial charge is 0.241 e. The Hall–Kier alpha value is -1.73. The molecule has 1 N–H and O–H groups in total. The minimum Gasteiger partial charge on any atom is -0.424 e. The van der Waals surface area contributed by atoms with Gasteiger partial charge in [0.2, 0.25) is 21.8 Å². The van der Waals surface area contributed by atoms with E-state index >= 15 is 0 Å². The fourth-order valence-corrected chi connectivity index (χ4v) is 3.65. The molecule has 20 heavy (non-hydrogen) atoms. The number of aromatic nitrogens is 2. The fraction of sp³-hybridized carbons (Fsp3) is 0.385. The number of rotatable bonds is 4. The highest BCUT2D eigenvalue weighted by molar-refractivity contribution is 7.89. The van der Waals surface area contributed by atoms with E-state index in [0.29, 0.717) is 10.8 Å². The lowest BCUT2D eigenvalue weighted by molar-refractivity contribution is 0.460. The first-order chi connectivity index (χ1) is 9.29. The summed E-state index contributed by atoms with van der Waals surface area (Å²) in [6.45, 7) is 7.14. The number of nitrogens with zero attached hydrogens (tertiary/aromatic N) is 2. The molecule has 1 heterocycles. The molecule has 7 heteroatoms. The third-order valence-electron chi connectivity index (χ3n) is 2.85. The molecular weight excluding hydrogens is 278 g/mol. The van der Waals surface area contributed by atoms with Crippen LogP contribution in [0.25, 0.3) is 0 Å². The second kappa shape index (κ2) is 5.34. The van der Waals surface area contributed by atoms with Crippen LogP contribution in [0.1, 0.15) is 28.5 Å². The highest BCUT2D eigenvalue weighted by Gasteiger charge is 2.20. The van der Waals surface area contributed by atoms with Gasteiger partial charge in [0.25, 0.3) is 0 Å². The number of benzene rings is 1. The summed E-state index contributed by atoms with van der Waals surface area (Å²) in [6.07, 6.45) is 0. The van der Waals surface area contributed by atoms with Gasteiger partial charge in [0, 0.05) is 6.92 Å². The van der Waals surface area contributed by atoms with Crippen molar-refractivity contribution in [1.29, 1.82) is 0 Å². The standard InChI is InChI=1S/C13H17N3O3S/c1-8-5-9(2)13(10(3)6-8)20(17,18)14-7-12-16-15-11(4)19-12/h5-6,14H,7H2,1-4H3. The molecule has 1 aromatic carbocycles. The summed E-state index contributed by atoms with van der Waals surface area (Å²) in [5.74, 6) is 0.649. The third-order valence-corrected chi connectivity index (χ3v) is 4.56. The molecule has 108 valence electrons. The number of hydrogen-bond acceptors (Lipinski definition) is 5. The first-order valence-corrected chi connectivity index (χ1v) is 7.64. The van der Waals surface area contributed by atoms with Gasteiger partial charge < -0.3 is 4.42 Å². The summed E-state index contributed by atoms with van der Waals surface area (Å²) >= 11 is 0. The second-order valence-corrected chi connectivity index (χ2v) is 6.47. The summed E-state index contributed by atoms with van der Waals surface area (Å²) in [5.41, 5.74) is 2.47. The van der Waals surface area contributed by atoms with Gasteiger partial charge in [-0.15, -0.1) is 10.2 Å². The lowest BCUT2D eigenvalue weighted by Gasteiger charge is -2.12. The van der Waals surface area contributed by atoms with Crippen LogP contribution >= 0.6 is 0 Å². The first kappa shape index (κ1) is 14.7. The van der Waals surface area contributed by atoms with Crippen LogP contribution in [-0.2, 0) is 16.6 Å². The Labute approximate surface area is 118 Å². The Kier molecular flexibility index (Phi) is 3.92. The number of hydrogen-bond donors (Lipinski definition) is 1. The number of sulfonamides is 1. The molecule has 0 saturated carbocycles.